The lowest BCUT2D eigenvalue weighted by molar-refractivity contribution is 0.405. The van der Waals surface area contributed by atoms with Crippen LogP contribution in [-0.4, -0.2) is 13.2 Å². The molecule has 2 nitrogen and oxygen atoms in total. The zero-order valence-electron chi connectivity index (χ0n) is 8.36. The van der Waals surface area contributed by atoms with Gasteiger partial charge in [-0.2, -0.15) is 0 Å². The van der Waals surface area contributed by atoms with Crippen molar-refractivity contribution in [2.45, 2.75) is 30.7 Å². The minimum absolute atomic E-state index is 0.335. The Bertz CT molecular complexity index is 375. The summed E-state index contributed by atoms with van der Waals surface area (Å²) in [6.07, 6.45) is 2.49. The zero-order valence-corrected chi connectivity index (χ0v) is 8.36. The van der Waals surface area contributed by atoms with E-state index in [9.17, 15) is 0 Å². The van der Waals surface area contributed by atoms with Gasteiger partial charge in [0, 0.05) is 23.4 Å². The van der Waals surface area contributed by atoms with Crippen molar-refractivity contribution in [3.8, 4) is 5.75 Å². The number of ether oxygens (including phenoxy) is 1. The first-order chi connectivity index (χ1) is 6.83. The summed E-state index contributed by atoms with van der Waals surface area (Å²) in [5, 5.41) is 0. The van der Waals surface area contributed by atoms with Crippen molar-refractivity contribution in [2.75, 3.05) is 7.11 Å². The predicted octanol–water partition coefficient (Wildman–Crippen LogP) is 2.00. The summed E-state index contributed by atoms with van der Waals surface area (Å²) in [6, 6.07) is 6.67. The minimum atomic E-state index is 0.335. The third-order valence-corrected chi connectivity index (χ3v) is 3.81. The van der Waals surface area contributed by atoms with Gasteiger partial charge in [-0.1, -0.05) is 12.1 Å². The van der Waals surface area contributed by atoms with E-state index in [-0.39, 0.29) is 0 Å². The molecule has 2 aliphatic carbocycles. The third-order valence-electron chi connectivity index (χ3n) is 3.81. The van der Waals surface area contributed by atoms with Gasteiger partial charge in [0.05, 0.1) is 7.11 Å². The number of rotatable bonds is 1. The van der Waals surface area contributed by atoms with Crippen LogP contribution in [0, 0.1) is 0 Å². The Morgan fingerprint density at radius 2 is 2.07 bits per heavy atom. The molecular weight excluding hydrogens is 174 g/mol. The van der Waals surface area contributed by atoms with Crippen LogP contribution >= 0.6 is 0 Å². The molecule has 1 fully saturated rings. The van der Waals surface area contributed by atoms with Gasteiger partial charge in [0.2, 0.25) is 0 Å². The third kappa shape index (κ3) is 0.845. The Kier molecular flexibility index (Phi) is 1.62. The van der Waals surface area contributed by atoms with E-state index in [1.54, 1.807) is 7.11 Å². The number of benzene rings is 1. The molecule has 0 saturated heterocycles. The summed E-state index contributed by atoms with van der Waals surface area (Å²) < 4.78 is 5.40. The fourth-order valence-corrected chi connectivity index (χ4v) is 3.18. The molecule has 3 rings (SSSR count). The molecule has 74 valence electrons. The smallest absolute Gasteiger partial charge is 0.122 e. The van der Waals surface area contributed by atoms with Gasteiger partial charge in [0.25, 0.3) is 0 Å². The fourth-order valence-electron chi connectivity index (χ4n) is 3.18. The van der Waals surface area contributed by atoms with Gasteiger partial charge in [-0.25, -0.2) is 0 Å². The summed E-state index contributed by atoms with van der Waals surface area (Å²) in [5.41, 5.74) is 9.03. The normalized spacial score (nSPS) is 33.1. The summed E-state index contributed by atoms with van der Waals surface area (Å²) in [5.74, 6) is 2.17. The van der Waals surface area contributed by atoms with E-state index in [0.29, 0.717) is 17.9 Å². The maximum Gasteiger partial charge on any atom is 0.122 e. The second-order valence-electron chi connectivity index (χ2n) is 4.33. The molecule has 0 aliphatic heterocycles. The van der Waals surface area contributed by atoms with Gasteiger partial charge < -0.3 is 10.5 Å². The van der Waals surface area contributed by atoms with Crippen LogP contribution in [0.2, 0.25) is 0 Å². The van der Waals surface area contributed by atoms with Crippen LogP contribution in [0.15, 0.2) is 18.2 Å². The lowest BCUT2D eigenvalue weighted by Gasteiger charge is -2.17. The Balaban J connectivity index is 2.19. The highest BCUT2D eigenvalue weighted by Crippen LogP contribution is 2.54. The van der Waals surface area contributed by atoms with Crippen LogP contribution in [0.4, 0.5) is 0 Å². The van der Waals surface area contributed by atoms with E-state index < -0.39 is 0 Å². The van der Waals surface area contributed by atoms with Gasteiger partial charge in [-0.05, 0) is 24.5 Å². The molecule has 2 aliphatic rings. The van der Waals surface area contributed by atoms with E-state index in [1.807, 2.05) is 6.07 Å². The van der Waals surface area contributed by atoms with Crippen LogP contribution in [0.5, 0.6) is 5.75 Å². The number of hydrogen-bond acceptors (Lipinski definition) is 2. The molecule has 0 unspecified atom stereocenters. The number of fused-ring (bicyclic) bond motifs is 5. The Labute approximate surface area is 84.1 Å². The molecule has 1 aromatic rings. The first-order valence-corrected chi connectivity index (χ1v) is 5.25. The molecule has 2 bridgehead atoms. The lowest BCUT2D eigenvalue weighted by atomic mass is 9.91. The molecule has 2 N–H and O–H groups in total. The van der Waals surface area contributed by atoms with E-state index in [1.165, 1.54) is 24.0 Å². The molecule has 0 amide bonds. The monoisotopic (exact) mass is 189 g/mol. The second kappa shape index (κ2) is 2.74. The highest BCUT2D eigenvalue weighted by molar-refractivity contribution is 5.52. The summed E-state index contributed by atoms with van der Waals surface area (Å²) in [4.78, 5) is 0. The molecule has 0 heterocycles. The molecule has 14 heavy (non-hydrogen) atoms. The first kappa shape index (κ1) is 8.30. The van der Waals surface area contributed by atoms with Gasteiger partial charge in [0.1, 0.15) is 5.75 Å². The maximum atomic E-state index is 6.20. The molecule has 0 spiro atoms. The van der Waals surface area contributed by atoms with Crippen LogP contribution in [0.25, 0.3) is 0 Å². The van der Waals surface area contributed by atoms with Crippen LogP contribution in [0.1, 0.15) is 35.8 Å². The highest BCUT2D eigenvalue weighted by Gasteiger charge is 2.45. The van der Waals surface area contributed by atoms with Gasteiger partial charge in [-0.3, -0.25) is 0 Å². The van der Waals surface area contributed by atoms with Crippen molar-refractivity contribution in [3.05, 3.63) is 29.3 Å². The molecule has 2 heteroatoms. The molecule has 1 aromatic carbocycles. The molecule has 0 aromatic heterocycles. The van der Waals surface area contributed by atoms with Gasteiger partial charge in [0.15, 0.2) is 0 Å². The second-order valence-corrected chi connectivity index (χ2v) is 4.33. The summed E-state index contributed by atoms with van der Waals surface area (Å²) >= 11 is 0. The lowest BCUT2D eigenvalue weighted by Crippen LogP contribution is -2.22. The maximum absolute atomic E-state index is 6.20. The molecule has 1 saturated carbocycles. The van der Waals surface area contributed by atoms with E-state index in [4.69, 9.17) is 10.5 Å². The Morgan fingerprint density at radius 3 is 2.86 bits per heavy atom. The van der Waals surface area contributed by atoms with Crippen molar-refractivity contribution in [1.29, 1.82) is 0 Å². The molecular formula is C12H15NO. The van der Waals surface area contributed by atoms with E-state index in [2.05, 4.69) is 12.1 Å². The number of methoxy groups -OCH3 is 1. The van der Waals surface area contributed by atoms with Crippen molar-refractivity contribution in [1.82, 2.24) is 0 Å². The molecule has 0 radical (unpaired) electrons. The highest BCUT2D eigenvalue weighted by atomic mass is 16.5. The Morgan fingerprint density at radius 1 is 1.29 bits per heavy atom. The van der Waals surface area contributed by atoms with Crippen LogP contribution in [-0.2, 0) is 0 Å². The zero-order chi connectivity index (χ0) is 9.71. The van der Waals surface area contributed by atoms with Crippen molar-refractivity contribution in [3.63, 3.8) is 0 Å². The minimum Gasteiger partial charge on any atom is -0.496 e. The first-order valence-electron chi connectivity index (χ1n) is 5.25. The van der Waals surface area contributed by atoms with Gasteiger partial charge in [-0.15, -0.1) is 0 Å². The summed E-state index contributed by atoms with van der Waals surface area (Å²) in [7, 11) is 1.74. The average Bonchev–Trinajstić information content (AvgIpc) is 2.72. The van der Waals surface area contributed by atoms with Crippen LogP contribution < -0.4 is 10.5 Å². The van der Waals surface area contributed by atoms with Crippen molar-refractivity contribution < 1.29 is 4.74 Å². The number of hydrogen-bond donors (Lipinski definition) is 1. The quantitative estimate of drug-likeness (QED) is 0.733. The SMILES string of the molecule is COc1cccc2c1[C@@H]1CC[C@H]2[C@H]1N. The number of nitrogens with two attached hydrogens (primary N) is 1. The standard InChI is InChI=1S/C12H15NO/c1-14-10-4-2-3-7-8-5-6-9(11(7)10)12(8)13/h2-4,8-9,12H,5-6,13H2,1H3/t8-,9+,12-/m1/s1. The summed E-state index contributed by atoms with van der Waals surface area (Å²) in [6.45, 7) is 0. The average molecular weight is 189 g/mol. The fraction of sp³-hybridized carbons (Fsp3) is 0.500. The van der Waals surface area contributed by atoms with Crippen molar-refractivity contribution >= 4 is 0 Å². The Hall–Kier alpha value is -1.02. The van der Waals surface area contributed by atoms with E-state index in [0.717, 1.165) is 5.75 Å². The van der Waals surface area contributed by atoms with Crippen LogP contribution in [0.3, 0.4) is 0 Å². The largest absolute Gasteiger partial charge is 0.496 e. The topological polar surface area (TPSA) is 35.2 Å². The van der Waals surface area contributed by atoms with Crippen molar-refractivity contribution in [2.24, 2.45) is 5.73 Å². The molecule has 3 atom stereocenters. The predicted molar refractivity (Wildman–Crippen MR) is 55.7 cm³/mol. The van der Waals surface area contributed by atoms with E-state index >= 15 is 0 Å². The van der Waals surface area contributed by atoms with Gasteiger partial charge >= 0.3 is 0 Å².